The quantitative estimate of drug-likeness (QED) is 0.698. The smallest absolute Gasteiger partial charge is 0.292 e. The van der Waals surface area contributed by atoms with Crippen molar-refractivity contribution >= 4 is 6.01 Å². The van der Waals surface area contributed by atoms with Gasteiger partial charge < -0.3 is 14.6 Å². The maximum atomic E-state index is 5.32. The molecule has 2 aromatic heterocycles. The molecule has 0 bridgehead atoms. The van der Waals surface area contributed by atoms with E-state index in [0.717, 1.165) is 5.56 Å². The fraction of sp³-hybridized carbons (Fsp3) is 0.125. The van der Waals surface area contributed by atoms with E-state index in [9.17, 15) is 0 Å². The number of anilines is 1. The highest BCUT2D eigenvalue weighted by Crippen LogP contribution is 2.25. The second-order valence-electron chi connectivity index (χ2n) is 2.50. The number of furan rings is 1. The first-order valence-corrected chi connectivity index (χ1v) is 3.53. The Kier molecular flexibility index (Phi) is 1.40. The molecular formula is C8H8N2O2. The van der Waals surface area contributed by atoms with Crippen molar-refractivity contribution in [1.82, 2.24) is 4.98 Å². The molecule has 4 heteroatoms. The van der Waals surface area contributed by atoms with Gasteiger partial charge in [0.05, 0.1) is 12.5 Å². The summed E-state index contributed by atoms with van der Waals surface area (Å²) in [7, 11) is 0. The highest BCUT2D eigenvalue weighted by Gasteiger charge is 2.09. The summed E-state index contributed by atoms with van der Waals surface area (Å²) >= 11 is 0. The van der Waals surface area contributed by atoms with Crippen molar-refractivity contribution in [3.63, 3.8) is 0 Å². The number of nitrogens with two attached hydrogens (primary N) is 1. The second kappa shape index (κ2) is 2.41. The first kappa shape index (κ1) is 6.97. The molecule has 0 radical (unpaired) electrons. The molecule has 0 fully saturated rings. The predicted molar refractivity (Wildman–Crippen MR) is 43.4 cm³/mol. The SMILES string of the molecule is Cc1ccoc1-c1cnc(N)o1. The van der Waals surface area contributed by atoms with Gasteiger partial charge in [0.15, 0.2) is 11.5 Å². The summed E-state index contributed by atoms with van der Waals surface area (Å²) in [6.07, 6.45) is 3.14. The molecule has 0 aliphatic heterocycles. The van der Waals surface area contributed by atoms with Gasteiger partial charge in [-0.15, -0.1) is 0 Å². The second-order valence-corrected chi connectivity index (χ2v) is 2.50. The van der Waals surface area contributed by atoms with Gasteiger partial charge in [-0.25, -0.2) is 4.98 Å². The molecule has 0 aromatic carbocycles. The number of nitrogen functional groups attached to an aromatic ring is 1. The zero-order valence-corrected chi connectivity index (χ0v) is 6.57. The minimum atomic E-state index is 0.154. The molecule has 12 heavy (non-hydrogen) atoms. The number of hydrogen-bond donors (Lipinski definition) is 1. The van der Waals surface area contributed by atoms with E-state index >= 15 is 0 Å². The average Bonchev–Trinajstić information content (AvgIpc) is 2.58. The molecule has 2 heterocycles. The van der Waals surface area contributed by atoms with Gasteiger partial charge in [-0.05, 0) is 18.6 Å². The number of oxazole rings is 1. The maximum absolute atomic E-state index is 5.32. The van der Waals surface area contributed by atoms with Crippen LogP contribution >= 0.6 is 0 Å². The molecule has 0 aliphatic rings. The van der Waals surface area contributed by atoms with E-state index in [1.54, 1.807) is 12.5 Å². The molecule has 2 N–H and O–H groups in total. The normalized spacial score (nSPS) is 10.4. The molecule has 0 amide bonds. The van der Waals surface area contributed by atoms with E-state index in [1.165, 1.54) is 0 Å². The van der Waals surface area contributed by atoms with Crippen LogP contribution in [0.3, 0.4) is 0 Å². The molecule has 0 spiro atoms. The monoisotopic (exact) mass is 164 g/mol. The van der Waals surface area contributed by atoms with Gasteiger partial charge in [-0.1, -0.05) is 0 Å². The van der Waals surface area contributed by atoms with Crippen LogP contribution in [0.25, 0.3) is 11.5 Å². The van der Waals surface area contributed by atoms with Gasteiger partial charge in [-0.2, -0.15) is 0 Å². The highest BCUT2D eigenvalue weighted by atomic mass is 16.4. The third-order valence-electron chi connectivity index (χ3n) is 1.61. The zero-order valence-electron chi connectivity index (χ0n) is 6.57. The van der Waals surface area contributed by atoms with Crippen molar-refractivity contribution < 1.29 is 8.83 Å². The Hall–Kier alpha value is -1.71. The fourth-order valence-electron chi connectivity index (χ4n) is 1.02. The number of hydrogen-bond acceptors (Lipinski definition) is 4. The lowest BCUT2D eigenvalue weighted by molar-refractivity contribution is 0.530. The van der Waals surface area contributed by atoms with E-state index in [1.807, 2.05) is 13.0 Å². The van der Waals surface area contributed by atoms with Crippen LogP contribution in [0.1, 0.15) is 5.56 Å². The van der Waals surface area contributed by atoms with E-state index in [2.05, 4.69) is 4.98 Å². The van der Waals surface area contributed by atoms with Crippen LogP contribution in [-0.4, -0.2) is 4.98 Å². The molecule has 2 rings (SSSR count). The molecule has 2 aromatic rings. The van der Waals surface area contributed by atoms with Gasteiger partial charge in [-0.3, -0.25) is 0 Å². The van der Waals surface area contributed by atoms with Crippen LogP contribution in [0.5, 0.6) is 0 Å². The van der Waals surface area contributed by atoms with E-state index in [-0.39, 0.29) is 6.01 Å². The van der Waals surface area contributed by atoms with Crippen LogP contribution in [0, 0.1) is 6.92 Å². The Bertz CT molecular complexity index is 389. The van der Waals surface area contributed by atoms with Crippen molar-refractivity contribution in [3.8, 4) is 11.5 Å². The summed E-state index contributed by atoms with van der Waals surface area (Å²) in [6.45, 7) is 1.93. The number of nitrogens with zero attached hydrogens (tertiary/aromatic N) is 1. The summed E-state index contributed by atoms with van der Waals surface area (Å²) in [5.41, 5.74) is 6.32. The molecule has 4 nitrogen and oxygen atoms in total. The topological polar surface area (TPSA) is 65.2 Å². The Morgan fingerprint density at radius 2 is 2.33 bits per heavy atom. The Morgan fingerprint density at radius 1 is 1.50 bits per heavy atom. The molecule has 0 saturated heterocycles. The average molecular weight is 164 g/mol. The van der Waals surface area contributed by atoms with Crippen molar-refractivity contribution in [2.45, 2.75) is 6.92 Å². The van der Waals surface area contributed by atoms with E-state index in [0.29, 0.717) is 11.5 Å². The van der Waals surface area contributed by atoms with Gasteiger partial charge in [0.1, 0.15) is 0 Å². The highest BCUT2D eigenvalue weighted by molar-refractivity contribution is 5.54. The largest absolute Gasteiger partial charge is 0.461 e. The van der Waals surface area contributed by atoms with Crippen LogP contribution in [-0.2, 0) is 0 Å². The third kappa shape index (κ3) is 0.972. The lowest BCUT2D eigenvalue weighted by Gasteiger charge is -1.89. The molecule has 0 saturated carbocycles. The number of rotatable bonds is 1. The van der Waals surface area contributed by atoms with Crippen LogP contribution < -0.4 is 5.73 Å². The minimum absolute atomic E-state index is 0.154. The molecular weight excluding hydrogens is 156 g/mol. The zero-order chi connectivity index (χ0) is 8.55. The maximum Gasteiger partial charge on any atom is 0.292 e. The standard InChI is InChI=1S/C8H8N2O2/c1-5-2-3-11-7(5)6-4-10-8(9)12-6/h2-4H,1H3,(H2,9,10). The molecule has 0 aliphatic carbocycles. The van der Waals surface area contributed by atoms with Gasteiger partial charge in [0.2, 0.25) is 0 Å². The lowest BCUT2D eigenvalue weighted by atomic mass is 10.2. The summed E-state index contributed by atoms with van der Waals surface area (Å²) in [4.78, 5) is 3.76. The first-order chi connectivity index (χ1) is 5.77. The van der Waals surface area contributed by atoms with Gasteiger partial charge in [0, 0.05) is 0 Å². The minimum Gasteiger partial charge on any atom is -0.461 e. The van der Waals surface area contributed by atoms with Crippen LogP contribution in [0.15, 0.2) is 27.4 Å². The summed E-state index contributed by atoms with van der Waals surface area (Å²) in [5.74, 6) is 1.24. The summed E-state index contributed by atoms with van der Waals surface area (Å²) in [6, 6.07) is 2.01. The van der Waals surface area contributed by atoms with Crippen molar-refractivity contribution in [3.05, 3.63) is 24.1 Å². The third-order valence-corrected chi connectivity index (χ3v) is 1.61. The van der Waals surface area contributed by atoms with Crippen molar-refractivity contribution in [2.24, 2.45) is 0 Å². The number of aryl methyl sites for hydroxylation is 1. The van der Waals surface area contributed by atoms with Crippen LogP contribution in [0.4, 0.5) is 6.01 Å². The van der Waals surface area contributed by atoms with E-state index in [4.69, 9.17) is 14.6 Å². The van der Waals surface area contributed by atoms with Crippen LogP contribution in [0.2, 0.25) is 0 Å². The van der Waals surface area contributed by atoms with Crippen molar-refractivity contribution in [1.29, 1.82) is 0 Å². The Balaban J connectivity index is 2.50. The summed E-state index contributed by atoms with van der Waals surface area (Å²) in [5, 5.41) is 0. The molecule has 0 atom stereocenters. The van der Waals surface area contributed by atoms with E-state index < -0.39 is 0 Å². The lowest BCUT2D eigenvalue weighted by Crippen LogP contribution is -1.79. The van der Waals surface area contributed by atoms with Crippen molar-refractivity contribution in [2.75, 3.05) is 5.73 Å². The predicted octanol–water partition coefficient (Wildman–Crippen LogP) is 1.83. The van der Waals surface area contributed by atoms with Gasteiger partial charge >= 0.3 is 0 Å². The molecule has 0 unspecified atom stereocenters. The number of aromatic nitrogens is 1. The molecule has 62 valence electrons. The first-order valence-electron chi connectivity index (χ1n) is 3.53. The Labute approximate surface area is 69.0 Å². The summed E-state index contributed by atoms with van der Waals surface area (Å²) < 4.78 is 10.3. The van der Waals surface area contributed by atoms with Gasteiger partial charge in [0.25, 0.3) is 6.01 Å². The Morgan fingerprint density at radius 3 is 2.83 bits per heavy atom. The fourth-order valence-corrected chi connectivity index (χ4v) is 1.02.